The molecule has 2 heteroatoms. The Morgan fingerprint density at radius 2 is 2.22 bits per heavy atom. The van der Waals surface area contributed by atoms with E-state index in [-0.39, 0.29) is 12.7 Å². The summed E-state index contributed by atoms with van der Waals surface area (Å²) in [6, 6.07) is 0. The van der Waals surface area contributed by atoms with Gasteiger partial charge in [-0.1, -0.05) is 12.8 Å². The fraction of sp³-hybridized carbons (Fsp3) is 1.00. The molecule has 0 aromatic rings. The minimum Gasteiger partial charge on any atom is -0.394 e. The number of rotatable bonds is 1. The van der Waals surface area contributed by atoms with Gasteiger partial charge in [0.15, 0.2) is 0 Å². The first kappa shape index (κ1) is 7.03. The molecule has 0 aromatic carbocycles. The second-order valence-electron chi connectivity index (χ2n) is 2.52. The average molecular weight is 130 g/mol. The van der Waals surface area contributed by atoms with Gasteiger partial charge in [0.2, 0.25) is 0 Å². The molecule has 1 atom stereocenters. The minimum atomic E-state index is 0.132. The summed E-state index contributed by atoms with van der Waals surface area (Å²) in [5.74, 6) is 0. The van der Waals surface area contributed by atoms with Crippen LogP contribution in [0.5, 0.6) is 0 Å². The molecule has 54 valence electrons. The molecular weight excluding hydrogens is 116 g/mol. The van der Waals surface area contributed by atoms with E-state index >= 15 is 0 Å². The molecule has 1 aliphatic rings. The zero-order valence-electron chi connectivity index (χ0n) is 5.68. The highest BCUT2D eigenvalue weighted by Crippen LogP contribution is 2.11. The first-order valence-electron chi connectivity index (χ1n) is 3.66. The second kappa shape index (κ2) is 3.85. The van der Waals surface area contributed by atoms with Crippen molar-refractivity contribution >= 4 is 0 Å². The summed E-state index contributed by atoms with van der Waals surface area (Å²) in [6.07, 6.45) is 4.81. The van der Waals surface area contributed by atoms with E-state index in [1.165, 1.54) is 12.8 Å². The maximum Gasteiger partial charge on any atom is 0.0805 e. The zero-order valence-corrected chi connectivity index (χ0v) is 5.68. The van der Waals surface area contributed by atoms with Gasteiger partial charge in [-0.2, -0.15) is 0 Å². The summed E-state index contributed by atoms with van der Waals surface area (Å²) in [5, 5.41) is 8.69. The van der Waals surface area contributed by atoms with E-state index in [0.29, 0.717) is 0 Å². The third-order valence-corrected chi connectivity index (χ3v) is 1.73. The van der Waals surface area contributed by atoms with Gasteiger partial charge in [0.05, 0.1) is 12.7 Å². The molecule has 1 heterocycles. The van der Waals surface area contributed by atoms with Crippen molar-refractivity contribution in [1.29, 1.82) is 0 Å². The van der Waals surface area contributed by atoms with Crippen molar-refractivity contribution in [2.24, 2.45) is 0 Å². The van der Waals surface area contributed by atoms with Crippen molar-refractivity contribution < 1.29 is 9.84 Å². The molecule has 0 amide bonds. The predicted octanol–water partition coefficient (Wildman–Crippen LogP) is 0.938. The van der Waals surface area contributed by atoms with E-state index in [1.54, 1.807) is 0 Å². The van der Waals surface area contributed by atoms with Crippen molar-refractivity contribution in [3.05, 3.63) is 0 Å². The molecular formula is C7H14O2. The third kappa shape index (κ3) is 2.33. The Morgan fingerprint density at radius 1 is 1.33 bits per heavy atom. The maximum atomic E-state index is 8.69. The Morgan fingerprint density at radius 3 is 3.00 bits per heavy atom. The molecule has 0 aromatic heterocycles. The monoisotopic (exact) mass is 130 g/mol. The number of hydrogen-bond donors (Lipinski definition) is 1. The van der Waals surface area contributed by atoms with Crippen LogP contribution in [0.25, 0.3) is 0 Å². The Bertz CT molecular complexity index is 65.3. The first-order valence-corrected chi connectivity index (χ1v) is 3.66. The van der Waals surface area contributed by atoms with Crippen LogP contribution in [-0.4, -0.2) is 24.4 Å². The van der Waals surface area contributed by atoms with Crippen molar-refractivity contribution in [2.45, 2.75) is 31.8 Å². The molecule has 1 aliphatic heterocycles. The molecule has 0 spiro atoms. The molecule has 1 unspecified atom stereocenters. The SMILES string of the molecule is OCC1CCCCCO1. The number of ether oxygens (including phenoxy) is 1. The van der Waals surface area contributed by atoms with Crippen LogP contribution in [0.2, 0.25) is 0 Å². The van der Waals surface area contributed by atoms with Crippen molar-refractivity contribution in [1.82, 2.24) is 0 Å². The van der Waals surface area contributed by atoms with Crippen LogP contribution in [0.1, 0.15) is 25.7 Å². The Hall–Kier alpha value is -0.0800. The van der Waals surface area contributed by atoms with Crippen molar-refractivity contribution in [3.63, 3.8) is 0 Å². The summed E-state index contributed by atoms with van der Waals surface area (Å²) >= 11 is 0. The third-order valence-electron chi connectivity index (χ3n) is 1.73. The molecule has 2 nitrogen and oxygen atoms in total. The molecule has 9 heavy (non-hydrogen) atoms. The quantitative estimate of drug-likeness (QED) is 0.572. The molecule has 1 fully saturated rings. The van der Waals surface area contributed by atoms with E-state index in [1.807, 2.05) is 0 Å². The van der Waals surface area contributed by atoms with Gasteiger partial charge in [-0.25, -0.2) is 0 Å². The molecule has 1 rings (SSSR count). The topological polar surface area (TPSA) is 29.5 Å². The lowest BCUT2D eigenvalue weighted by atomic mass is 10.1. The average Bonchev–Trinajstić information content (AvgIpc) is 2.13. The van der Waals surface area contributed by atoms with Gasteiger partial charge in [-0.05, 0) is 12.8 Å². The highest BCUT2D eigenvalue weighted by molar-refractivity contribution is 4.59. The smallest absolute Gasteiger partial charge is 0.0805 e. The largest absolute Gasteiger partial charge is 0.394 e. The van der Waals surface area contributed by atoms with Gasteiger partial charge in [0.25, 0.3) is 0 Å². The molecule has 0 bridgehead atoms. The highest BCUT2D eigenvalue weighted by atomic mass is 16.5. The van der Waals surface area contributed by atoms with E-state index in [4.69, 9.17) is 9.84 Å². The van der Waals surface area contributed by atoms with Gasteiger partial charge in [0.1, 0.15) is 0 Å². The van der Waals surface area contributed by atoms with E-state index < -0.39 is 0 Å². The van der Waals surface area contributed by atoms with Crippen LogP contribution >= 0.6 is 0 Å². The fourth-order valence-corrected chi connectivity index (χ4v) is 1.13. The van der Waals surface area contributed by atoms with Crippen LogP contribution in [0, 0.1) is 0 Å². The minimum absolute atomic E-state index is 0.132. The lowest BCUT2D eigenvalue weighted by molar-refractivity contribution is 0.0174. The number of aliphatic hydroxyl groups excluding tert-OH is 1. The normalized spacial score (nSPS) is 29.7. The van der Waals surface area contributed by atoms with Crippen LogP contribution in [-0.2, 0) is 4.74 Å². The summed E-state index contributed by atoms with van der Waals surface area (Å²) in [7, 11) is 0. The van der Waals surface area contributed by atoms with E-state index in [2.05, 4.69) is 0 Å². The predicted molar refractivity (Wildman–Crippen MR) is 35.3 cm³/mol. The van der Waals surface area contributed by atoms with Crippen LogP contribution in [0.3, 0.4) is 0 Å². The lowest BCUT2D eigenvalue weighted by Gasteiger charge is -2.09. The van der Waals surface area contributed by atoms with Crippen LogP contribution < -0.4 is 0 Å². The Balaban J connectivity index is 2.18. The Kier molecular flexibility index (Phi) is 3.01. The van der Waals surface area contributed by atoms with E-state index in [0.717, 1.165) is 19.4 Å². The van der Waals surface area contributed by atoms with Crippen LogP contribution in [0.4, 0.5) is 0 Å². The zero-order chi connectivity index (χ0) is 6.53. The van der Waals surface area contributed by atoms with Gasteiger partial charge in [0, 0.05) is 6.61 Å². The summed E-state index contributed by atoms with van der Waals surface area (Å²) < 4.78 is 5.30. The van der Waals surface area contributed by atoms with Crippen molar-refractivity contribution in [3.8, 4) is 0 Å². The Labute approximate surface area is 55.8 Å². The van der Waals surface area contributed by atoms with Crippen molar-refractivity contribution in [2.75, 3.05) is 13.2 Å². The molecule has 0 saturated carbocycles. The standard InChI is InChI=1S/C7H14O2/c8-6-7-4-2-1-3-5-9-7/h7-8H,1-6H2. The fourth-order valence-electron chi connectivity index (χ4n) is 1.13. The summed E-state index contributed by atoms with van der Waals surface area (Å²) in [4.78, 5) is 0. The van der Waals surface area contributed by atoms with Gasteiger partial charge in [-0.3, -0.25) is 0 Å². The first-order chi connectivity index (χ1) is 4.43. The maximum absolute atomic E-state index is 8.69. The van der Waals surface area contributed by atoms with Gasteiger partial charge in [-0.15, -0.1) is 0 Å². The van der Waals surface area contributed by atoms with E-state index in [9.17, 15) is 0 Å². The molecule has 0 aliphatic carbocycles. The van der Waals surface area contributed by atoms with Gasteiger partial charge < -0.3 is 9.84 Å². The summed E-state index contributed by atoms with van der Waals surface area (Å²) in [6.45, 7) is 1.03. The number of hydrogen-bond acceptors (Lipinski definition) is 2. The highest BCUT2D eigenvalue weighted by Gasteiger charge is 2.09. The van der Waals surface area contributed by atoms with Gasteiger partial charge >= 0.3 is 0 Å². The number of aliphatic hydroxyl groups is 1. The molecule has 1 saturated heterocycles. The lowest BCUT2D eigenvalue weighted by Crippen LogP contribution is -2.15. The van der Waals surface area contributed by atoms with Crippen LogP contribution in [0.15, 0.2) is 0 Å². The molecule has 1 N–H and O–H groups in total. The second-order valence-corrected chi connectivity index (χ2v) is 2.52. The summed E-state index contributed by atoms with van der Waals surface area (Å²) in [5.41, 5.74) is 0. The molecule has 0 radical (unpaired) electrons.